The molecule has 0 saturated heterocycles. The van der Waals surface area contributed by atoms with E-state index in [1.807, 2.05) is 5.38 Å². The van der Waals surface area contributed by atoms with Crippen LogP contribution in [0, 0.1) is 10.1 Å². The number of aromatic amines is 1. The highest BCUT2D eigenvalue weighted by atomic mass is 32.1. The number of hydrogen-bond acceptors (Lipinski definition) is 5. The molecule has 0 bridgehead atoms. The Kier molecular flexibility index (Phi) is 2.12. The van der Waals surface area contributed by atoms with Gasteiger partial charge in [-0.3, -0.25) is 10.1 Å². The quantitative estimate of drug-likeness (QED) is 0.556. The molecule has 0 aliphatic heterocycles. The molecular formula is C10H6N4O2S. The summed E-state index contributed by atoms with van der Waals surface area (Å²) in [5, 5.41) is 12.7. The van der Waals surface area contributed by atoms with Gasteiger partial charge in [0.1, 0.15) is 0 Å². The summed E-state index contributed by atoms with van der Waals surface area (Å²) in [5.41, 5.74) is 4.44. The van der Waals surface area contributed by atoms with Gasteiger partial charge < -0.3 is 4.98 Å². The lowest BCUT2D eigenvalue weighted by Gasteiger charge is -1.99. The second kappa shape index (κ2) is 3.63. The van der Waals surface area contributed by atoms with E-state index in [9.17, 15) is 10.1 Å². The number of non-ortho nitro benzene ring substituents is 1. The molecular weight excluding hydrogens is 240 g/mol. The van der Waals surface area contributed by atoms with Crippen LogP contribution in [0.1, 0.15) is 0 Å². The lowest BCUT2D eigenvalue weighted by atomic mass is 10.1. The van der Waals surface area contributed by atoms with Crippen LogP contribution in [0.4, 0.5) is 5.69 Å². The Bertz CT molecular complexity index is 689. The fraction of sp³-hybridized carbons (Fsp3) is 0. The summed E-state index contributed by atoms with van der Waals surface area (Å²) in [6, 6.07) is 2.97. The minimum atomic E-state index is -0.420. The van der Waals surface area contributed by atoms with E-state index in [4.69, 9.17) is 0 Å². The van der Waals surface area contributed by atoms with Crippen molar-refractivity contribution in [1.29, 1.82) is 0 Å². The van der Waals surface area contributed by atoms with Crippen LogP contribution >= 0.6 is 11.3 Å². The Balaban J connectivity index is 2.35. The fourth-order valence-electron chi connectivity index (χ4n) is 1.68. The number of nitro groups is 1. The van der Waals surface area contributed by atoms with Crippen molar-refractivity contribution in [2.24, 2.45) is 0 Å². The number of thiazole rings is 1. The number of H-pyrrole nitrogens is 1. The third-order valence-electron chi connectivity index (χ3n) is 2.43. The topological polar surface area (TPSA) is 84.7 Å². The minimum absolute atomic E-state index is 0.0322. The van der Waals surface area contributed by atoms with Gasteiger partial charge in [0.25, 0.3) is 5.69 Å². The lowest BCUT2D eigenvalue weighted by molar-refractivity contribution is -0.384. The zero-order valence-corrected chi connectivity index (χ0v) is 9.27. The summed E-state index contributed by atoms with van der Waals surface area (Å²) < 4.78 is 0. The molecule has 2 aromatic heterocycles. The van der Waals surface area contributed by atoms with Gasteiger partial charge in [0, 0.05) is 23.1 Å². The average molecular weight is 246 g/mol. The van der Waals surface area contributed by atoms with Gasteiger partial charge in [0.2, 0.25) is 0 Å². The van der Waals surface area contributed by atoms with Crippen molar-refractivity contribution in [3.05, 3.63) is 39.5 Å². The van der Waals surface area contributed by atoms with Crippen LogP contribution in [0.2, 0.25) is 0 Å². The van der Waals surface area contributed by atoms with Gasteiger partial charge >= 0.3 is 0 Å². The number of fused-ring (bicyclic) bond motifs is 1. The first-order valence-corrected chi connectivity index (χ1v) is 5.70. The molecule has 6 nitrogen and oxygen atoms in total. The maximum atomic E-state index is 10.8. The molecule has 0 aliphatic rings. The highest BCUT2D eigenvalue weighted by Gasteiger charge is 2.15. The maximum Gasteiger partial charge on any atom is 0.272 e. The molecule has 1 N–H and O–H groups in total. The van der Waals surface area contributed by atoms with E-state index in [-0.39, 0.29) is 5.69 Å². The van der Waals surface area contributed by atoms with E-state index >= 15 is 0 Å². The third-order valence-corrected chi connectivity index (χ3v) is 3.01. The number of nitrogens with one attached hydrogen (secondary N) is 1. The van der Waals surface area contributed by atoms with Crippen LogP contribution in [0.25, 0.3) is 22.3 Å². The van der Waals surface area contributed by atoms with E-state index in [2.05, 4.69) is 15.0 Å². The maximum absolute atomic E-state index is 10.8. The van der Waals surface area contributed by atoms with Gasteiger partial charge in [0.15, 0.2) is 0 Å². The zero-order valence-electron chi connectivity index (χ0n) is 8.45. The van der Waals surface area contributed by atoms with Crippen LogP contribution in [0.15, 0.2) is 29.4 Å². The lowest BCUT2D eigenvalue weighted by Crippen LogP contribution is -1.90. The molecule has 0 aliphatic carbocycles. The highest BCUT2D eigenvalue weighted by molar-refractivity contribution is 7.07. The van der Waals surface area contributed by atoms with Crippen molar-refractivity contribution in [3.63, 3.8) is 0 Å². The smallest absolute Gasteiger partial charge is 0.272 e. The number of imidazole rings is 1. The standard InChI is InChI=1S/C10H6N4O2S/c15-14(16)6-1-7(9-3-17-5-13-9)10-8(2-6)11-4-12-10/h1-5H,(H,11,12). The molecule has 0 spiro atoms. The first-order chi connectivity index (χ1) is 8.25. The summed E-state index contributed by atoms with van der Waals surface area (Å²) in [5.74, 6) is 0. The van der Waals surface area contributed by atoms with Gasteiger partial charge in [-0.25, -0.2) is 9.97 Å². The predicted molar refractivity (Wildman–Crippen MR) is 63.9 cm³/mol. The Morgan fingerprint density at radius 2 is 2.24 bits per heavy atom. The fourth-order valence-corrected chi connectivity index (χ4v) is 2.23. The SMILES string of the molecule is O=[N+]([O-])c1cc(-c2cscn2)c2nc[nH]c2c1. The normalized spacial score (nSPS) is 10.8. The van der Waals surface area contributed by atoms with Gasteiger partial charge in [-0.05, 0) is 0 Å². The van der Waals surface area contributed by atoms with Crippen LogP contribution in [0.5, 0.6) is 0 Å². The van der Waals surface area contributed by atoms with Crippen LogP contribution in [-0.2, 0) is 0 Å². The molecule has 0 atom stereocenters. The van der Waals surface area contributed by atoms with Crippen molar-refractivity contribution in [3.8, 4) is 11.3 Å². The third kappa shape index (κ3) is 1.56. The van der Waals surface area contributed by atoms with E-state index in [0.717, 1.165) is 0 Å². The Morgan fingerprint density at radius 3 is 2.94 bits per heavy atom. The van der Waals surface area contributed by atoms with Crippen molar-refractivity contribution >= 4 is 28.1 Å². The number of nitrogens with zero attached hydrogens (tertiary/aromatic N) is 3. The molecule has 2 heterocycles. The van der Waals surface area contributed by atoms with E-state index in [1.165, 1.54) is 29.8 Å². The molecule has 0 amide bonds. The van der Waals surface area contributed by atoms with Gasteiger partial charge in [-0.15, -0.1) is 11.3 Å². The molecule has 3 rings (SSSR count). The molecule has 0 unspecified atom stereocenters. The molecule has 0 radical (unpaired) electrons. The van der Waals surface area contributed by atoms with Crippen LogP contribution in [-0.4, -0.2) is 19.9 Å². The summed E-state index contributed by atoms with van der Waals surface area (Å²) in [6.45, 7) is 0. The van der Waals surface area contributed by atoms with Crippen molar-refractivity contribution in [2.75, 3.05) is 0 Å². The van der Waals surface area contributed by atoms with Crippen molar-refractivity contribution < 1.29 is 4.92 Å². The van der Waals surface area contributed by atoms with Gasteiger partial charge in [-0.1, -0.05) is 0 Å². The molecule has 1 aromatic carbocycles. The number of nitro benzene ring substituents is 1. The van der Waals surface area contributed by atoms with Gasteiger partial charge in [0.05, 0.1) is 33.5 Å². The predicted octanol–water partition coefficient (Wildman–Crippen LogP) is 2.59. The van der Waals surface area contributed by atoms with Crippen LogP contribution in [0.3, 0.4) is 0 Å². The number of benzene rings is 1. The number of hydrogen-bond donors (Lipinski definition) is 1. The monoisotopic (exact) mass is 246 g/mol. The van der Waals surface area contributed by atoms with Crippen LogP contribution < -0.4 is 0 Å². The number of rotatable bonds is 2. The summed E-state index contributed by atoms with van der Waals surface area (Å²) >= 11 is 1.44. The average Bonchev–Trinajstić information content (AvgIpc) is 2.98. The summed E-state index contributed by atoms with van der Waals surface area (Å²) in [7, 11) is 0. The molecule has 84 valence electrons. The summed E-state index contributed by atoms with van der Waals surface area (Å²) in [6.07, 6.45) is 1.52. The molecule has 17 heavy (non-hydrogen) atoms. The Hall–Kier alpha value is -2.28. The second-order valence-electron chi connectivity index (χ2n) is 3.42. The molecule has 0 saturated carbocycles. The Morgan fingerprint density at radius 1 is 1.35 bits per heavy atom. The first-order valence-electron chi connectivity index (χ1n) is 4.76. The van der Waals surface area contributed by atoms with E-state index in [1.54, 1.807) is 5.51 Å². The van der Waals surface area contributed by atoms with E-state index < -0.39 is 4.92 Å². The molecule has 0 fully saturated rings. The molecule has 7 heteroatoms. The van der Waals surface area contributed by atoms with Gasteiger partial charge in [-0.2, -0.15) is 0 Å². The van der Waals surface area contributed by atoms with Crippen molar-refractivity contribution in [1.82, 2.24) is 15.0 Å². The highest BCUT2D eigenvalue weighted by Crippen LogP contribution is 2.30. The zero-order chi connectivity index (χ0) is 11.8. The summed E-state index contributed by atoms with van der Waals surface area (Å²) in [4.78, 5) is 21.6. The molecule has 3 aromatic rings. The van der Waals surface area contributed by atoms with Crippen molar-refractivity contribution in [2.45, 2.75) is 0 Å². The number of aromatic nitrogens is 3. The van der Waals surface area contributed by atoms with E-state index in [0.29, 0.717) is 22.3 Å². The second-order valence-corrected chi connectivity index (χ2v) is 4.14. The minimum Gasteiger partial charge on any atom is -0.344 e. The Labute approximate surface area is 99.1 Å². The first kappa shape index (κ1) is 9.91. The largest absolute Gasteiger partial charge is 0.344 e.